The zero-order chi connectivity index (χ0) is 23.7. The van der Waals surface area contributed by atoms with Crippen LogP contribution in [0.3, 0.4) is 0 Å². The Morgan fingerprint density at radius 1 is 0.941 bits per heavy atom. The number of ether oxygens (including phenoxy) is 1. The Morgan fingerprint density at radius 3 is 2.32 bits per heavy atom. The highest BCUT2D eigenvalue weighted by Gasteiger charge is 2.20. The molecule has 0 aromatic heterocycles. The van der Waals surface area contributed by atoms with Crippen molar-refractivity contribution in [2.45, 2.75) is 31.6 Å². The van der Waals surface area contributed by atoms with Crippen molar-refractivity contribution in [2.24, 2.45) is 5.16 Å². The first-order valence-electron chi connectivity index (χ1n) is 10.6. The molecule has 3 rings (SSSR count). The maximum Gasteiger partial charge on any atom is 0.340 e. The Labute approximate surface area is 212 Å². The summed E-state index contributed by atoms with van der Waals surface area (Å²) < 4.78 is 36.6. The van der Waals surface area contributed by atoms with Crippen LogP contribution in [0, 0.1) is 0 Å². The van der Waals surface area contributed by atoms with Gasteiger partial charge in [-0.05, 0) is 54.3 Å². The van der Waals surface area contributed by atoms with Gasteiger partial charge in [-0.2, -0.15) is 8.42 Å². The molecular weight excluding hydrogens is 497 g/mol. The van der Waals surface area contributed by atoms with Crippen LogP contribution in [-0.4, -0.2) is 27.8 Å². The Bertz CT molecular complexity index is 1200. The number of oxime groups is 1. The third kappa shape index (κ3) is 7.94. The van der Waals surface area contributed by atoms with Crippen LogP contribution in [0.2, 0.25) is 5.02 Å². The highest BCUT2D eigenvalue weighted by Crippen LogP contribution is 2.28. The van der Waals surface area contributed by atoms with Crippen LogP contribution >= 0.6 is 24.0 Å². The number of benzene rings is 3. The molecule has 6 nitrogen and oxygen atoms in total. The number of hydrogen-bond acceptors (Lipinski definition) is 6. The van der Waals surface area contributed by atoms with E-state index in [1.54, 1.807) is 30.5 Å². The van der Waals surface area contributed by atoms with E-state index in [-0.39, 0.29) is 28.1 Å². The van der Waals surface area contributed by atoms with Crippen molar-refractivity contribution in [1.29, 1.82) is 0 Å². The van der Waals surface area contributed by atoms with Crippen molar-refractivity contribution in [3.8, 4) is 11.5 Å². The van der Waals surface area contributed by atoms with Gasteiger partial charge in [0.2, 0.25) is 0 Å². The molecule has 0 radical (unpaired) electrons. The molecule has 0 amide bonds. The lowest BCUT2D eigenvalue weighted by Gasteiger charge is -2.12. The Kier molecular flexibility index (Phi) is 10.7. The highest BCUT2D eigenvalue weighted by molar-refractivity contribution is 7.87. The van der Waals surface area contributed by atoms with E-state index in [9.17, 15) is 8.42 Å². The molecule has 0 bridgehead atoms. The van der Waals surface area contributed by atoms with Gasteiger partial charge in [-0.15, -0.1) is 12.4 Å². The molecule has 0 aliphatic carbocycles. The van der Waals surface area contributed by atoms with Gasteiger partial charge in [-0.25, -0.2) is 0 Å². The Hall–Kier alpha value is -2.74. The summed E-state index contributed by atoms with van der Waals surface area (Å²) >= 11 is 6.04. The maximum atomic E-state index is 12.7. The van der Waals surface area contributed by atoms with Gasteiger partial charge in [0.25, 0.3) is 0 Å². The molecule has 0 fully saturated rings. The fourth-order valence-corrected chi connectivity index (χ4v) is 4.43. The van der Waals surface area contributed by atoms with Crippen LogP contribution in [0.15, 0.2) is 76.8 Å². The maximum absolute atomic E-state index is 12.7. The zero-order valence-electron chi connectivity index (χ0n) is 18.9. The van der Waals surface area contributed by atoms with Crippen molar-refractivity contribution in [2.75, 3.05) is 13.2 Å². The predicted octanol–water partition coefficient (Wildman–Crippen LogP) is 6.08. The molecule has 0 spiro atoms. The summed E-state index contributed by atoms with van der Waals surface area (Å²) in [6.45, 7) is 4.81. The van der Waals surface area contributed by atoms with Crippen LogP contribution in [0.5, 0.6) is 11.5 Å². The first-order valence-corrected chi connectivity index (χ1v) is 12.4. The monoisotopic (exact) mass is 523 g/mol. The lowest BCUT2D eigenvalue weighted by molar-refractivity contribution is 0.160. The summed E-state index contributed by atoms with van der Waals surface area (Å²) in [7, 11) is -4.07. The van der Waals surface area contributed by atoms with Crippen LogP contribution in [0.25, 0.3) is 0 Å². The van der Waals surface area contributed by atoms with Crippen LogP contribution in [-0.2, 0) is 27.8 Å². The summed E-state index contributed by atoms with van der Waals surface area (Å²) in [5.41, 5.74) is 2.95. The van der Waals surface area contributed by atoms with Crippen molar-refractivity contribution >= 4 is 40.3 Å². The average Bonchev–Trinajstić information content (AvgIpc) is 2.80. The number of nitrogens with zero attached hydrogens (tertiary/aromatic N) is 1. The molecule has 34 heavy (non-hydrogen) atoms. The van der Waals surface area contributed by atoms with E-state index in [0.717, 1.165) is 16.7 Å². The average molecular weight is 524 g/mol. The lowest BCUT2D eigenvalue weighted by Crippen LogP contribution is -2.11. The van der Waals surface area contributed by atoms with E-state index >= 15 is 0 Å². The van der Waals surface area contributed by atoms with Crippen molar-refractivity contribution in [1.82, 2.24) is 0 Å². The van der Waals surface area contributed by atoms with Crippen LogP contribution in [0.4, 0.5) is 0 Å². The molecule has 9 heteroatoms. The largest absolute Gasteiger partial charge is 0.493 e. The minimum absolute atomic E-state index is 0. The van der Waals surface area contributed by atoms with Crippen LogP contribution in [0.1, 0.15) is 30.5 Å². The summed E-state index contributed by atoms with van der Waals surface area (Å²) in [5.74, 6) is 0.724. The van der Waals surface area contributed by atoms with Gasteiger partial charge >= 0.3 is 10.1 Å². The van der Waals surface area contributed by atoms with E-state index in [1.165, 1.54) is 12.1 Å². The Balaban J connectivity index is 0.00000408. The van der Waals surface area contributed by atoms with Gasteiger partial charge in [0.1, 0.15) is 23.0 Å². The van der Waals surface area contributed by atoms with Gasteiger partial charge in [0.05, 0.1) is 17.8 Å². The van der Waals surface area contributed by atoms with E-state index in [0.29, 0.717) is 31.8 Å². The van der Waals surface area contributed by atoms with Gasteiger partial charge in [-0.3, -0.25) is 0 Å². The SMILES string of the molecule is CCON=Cc1ccc(CCOc2cc(CC)cc(OS(=O)(=O)c3ccccc3Cl)c2)cc1.Cl. The number of halogens is 2. The fraction of sp³-hybridized carbons (Fsp3) is 0.240. The van der Waals surface area contributed by atoms with E-state index < -0.39 is 10.1 Å². The van der Waals surface area contributed by atoms with E-state index in [4.69, 9.17) is 25.4 Å². The molecule has 0 saturated carbocycles. The van der Waals surface area contributed by atoms with Gasteiger partial charge in [0.15, 0.2) is 0 Å². The second-order valence-electron chi connectivity index (χ2n) is 7.13. The summed E-state index contributed by atoms with van der Waals surface area (Å²) in [4.78, 5) is 4.89. The normalized spacial score (nSPS) is 11.1. The number of aryl methyl sites for hydroxylation is 1. The first-order chi connectivity index (χ1) is 15.9. The minimum atomic E-state index is -4.07. The summed E-state index contributed by atoms with van der Waals surface area (Å²) in [6, 6.07) is 19.2. The standard InChI is InChI=1S/C25H26ClNO5S.ClH/c1-3-19-15-22(30-14-13-20-9-11-21(12-10-20)18-27-31-4-2)17-23(16-19)32-33(28,29)25-8-6-5-7-24(25)26;/h5-12,15-18H,3-4,13-14H2,1-2H3;1H. The third-order valence-corrected chi connectivity index (χ3v) is 6.45. The topological polar surface area (TPSA) is 74.2 Å². The quantitative estimate of drug-likeness (QED) is 0.173. The second kappa shape index (κ2) is 13.2. The van der Waals surface area contributed by atoms with Gasteiger partial charge in [-0.1, -0.05) is 60.1 Å². The third-order valence-electron chi connectivity index (χ3n) is 4.70. The molecule has 0 aliphatic rings. The van der Waals surface area contributed by atoms with Crippen molar-refractivity contribution < 1.29 is 22.2 Å². The zero-order valence-corrected chi connectivity index (χ0v) is 21.3. The molecule has 3 aromatic rings. The molecule has 3 aromatic carbocycles. The molecule has 182 valence electrons. The van der Waals surface area contributed by atoms with Gasteiger partial charge in [0, 0.05) is 12.5 Å². The number of hydrogen-bond donors (Lipinski definition) is 0. The Morgan fingerprint density at radius 2 is 1.65 bits per heavy atom. The van der Waals surface area contributed by atoms with Crippen molar-refractivity contribution in [3.05, 3.63) is 88.4 Å². The minimum Gasteiger partial charge on any atom is -0.493 e. The second-order valence-corrected chi connectivity index (χ2v) is 9.05. The first kappa shape index (κ1) is 27.5. The molecule has 0 unspecified atom stereocenters. The number of rotatable bonds is 11. The molecule has 0 saturated heterocycles. The molecule has 0 aliphatic heterocycles. The molecular formula is C25H27Cl2NO5S. The lowest BCUT2D eigenvalue weighted by atomic mass is 10.1. The predicted molar refractivity (Wildman–Crippen MR) is 137 cm³/mol. The molecule has 0 heterocycles. The summed E-state index contributed by atoms with van der Waals surface area (Å²) in [5, 5.41) is 3.96. The van der Waals surface area contributed by atoms with Crippen molar-refractivity contribution in [3.63, 3.8) is 0 Å². The smallest absolute Gasteiger partial charge is 0.340 e. The van der Waals surface area contributed by atoms with Gasteiger partial charge < -0.3 is 13.8 Å². The fourth-order valence-electron chi connectivity index (χ4n) is 3.02. The highest BCUT2D eigenvalue weighted by atomic mass is 35.5. The van der Waals surface area contributed by atoms with E-state index in [2.05, 4.69) is 5.16 Å². The van der Waals surface area contributed by atoms with Crippen LogP contribution < -0.4 is 8.92 Å². The summed E-state index contributed by atoms with van der Waals surface area (Å²) in [6.07, 6.45) is 3.05. The molecule has 0 N–H and O–H groups in total. The van der Waals surface area contributed by atoms with E-state index in [1.807, 2.05) is 44.2 Å². The molecule has 0 atom stereocenters.